The average Bonchev–Trinajstić information content (AvgIpc) is 2.41. The lowest BCUT2D eigenvalue weighted by molar-refractivity contribution is -0.120. The van der Waals surface area contributed by atoms with Crippen molar-refractivity contribution in [2.24, 2.45) is 0 Å². The lowest BCUT2D eigenvalue weighted by Gasteiger charge is -2.26. The summed E-state index contributed by atoms with van der Waals surface area (Å²) in [4.78, 5) is 20.9. The topological polar surface area (TPSA) is 81.9 Å². The molecule has 0 aliphatic carbocycles. The van der Waals surface area contributed by atoms with Gasteiger partial charge in [-0.2, -0.15) is 5.26 Å². The molecular formula is C11H15N5O. The van der Waals surface area contributed by atoms with E-state index in [1.165, 1.54) is 12.4 Å². The predicted molar refractivity (Wildman–Crippen MR) is 63.3 cm³/mol. The molecule has 0 radical (unpaired) electrons. The normalized spacial score (nSPS) is 14.2. The maximum absolute atomic E-state index is 11.1. The molecule has 1 N–H and O–H groups in total. The van der Waals surface area contributed by atoms with Crippen molar-refractivity contribution in [2.75, 3.05) is 24.5 Å². The van der Waals surface area contributed by atoms with E-state index < -0.39 is 0 Å². The highest BCUT2D eigenvalue weighted by molar-refractivity contribution is 5.81. The average molecular weight is 233 g/mol. The van der Waals surface area contributed by atoms with Crippen molar-refractivity contribution in [3.8, 4) is 6.07 Å². The Balaban J connectivity index is 0.000000686. The first-order chi connectivity index (χ1) is 8.29. The van der Waals surface area contributed by atoms with Gasteiger partial charge in [-0.15, -0.1) is 0 Å². The van der Waals surface area contributed by atoms with Gasteiger partial charge >= 0.3 is 0 Å². The molecule has 1 fully saturated rings. The minimum atomic E-state index is -0.0331. The fourth-order valence-corrected chi connectivity index (χ4v) is 1.35. The third-order valence-corrected chi connectivity index (χ3v) is 2.09. The maximum Gasteiger partial charge on any atom is 0.239 e. The Kier molecular flexibility index (Phi) is 4.88. The SMILES string of the molecule is CC.N#Cc1cnc(N2CCNC(=O)C2)nc1. The molecule has 17 heavy (non-hydrogen) atoms. The van der Waals surface area contributed by atoms with E-state index in [4.69, 9.17) is 5.26 Å². The van der Waals surface area contributed by atoms with Gasteiger partial charge in [-0.05, 0) is 0 Å². The molecule has 2 rings (SSSR count). The van der Waals surface area contributed by atoms with Gasteiger partial charge in [-0.25, -0.2) is 9.97 Å². The van der Waals surface area contributed by atoms with E-state index >= 15 is 0 Å². The maximum atomic E-state index is 11.1. The second-order valence-electron chi connectivity index (χ2n) is 3.16. The van der Waals surface area contributed by atoms with Crippen molar-refractivity contribution in [2.45, 2.75) is 13.8 Å². The van der Waals surface area contributed by atoms with E-state index in [-0.39, 0.29) is 12.5 Å². The molecule has 6 nitrogen and oxygen atoms in total. The number of nitrogens with one attached hydrogen (secondary N) is 1. The highest BCUT2D eigenvalue weighted by Crippen LogP contribution is 2.07. The fourth-order valence-electron chi connectivity index (χ4n) is 1.35. The minimum absolute atomic E-state index is 0.0331. The predicted octanol–water partition coefficient (Wildman–Crippen LogP) is 0.311. The first kappa shape index (κ1) is 12.9. The lowest BCUT2D eigenvalue weighted by Crippen LogP contribution is -2.48. The summed E-state index contributed by atoms with van der Waals surface area (Å²) in [6.07, 6.45) is 2.91. The first-order valence-corrected chi connectivity index (χ1v) is 5.53. The van der Waals surface area contributed by atoms with Gasteiger partial charge in [0.2, 0.25) is 11.9 Å². The standard InChI is InChI=1S/C9H9N5O.C2H6/c10-3-7-4-12-9(13-5-7)14-2-1-11-8(15)6-14;1-2/h4-5H,1-2,6H2,(H,11,15);1-2H3. The molecule has 1 saturated heterocycles. The number of anilines is 1. The summed E-state index contributed by atoms with van der Waals surface area (Å²) in [5, 5.41) is 11.3. The third kappa shape index (κ3) is 3.41. The summed E-state index contributed by atoms with van der Waals surface area (Å²) in [5.74, 6) is 0.457. The zero-order valence-electron chi connectivity index (χ0n) is 9.97. The summed E-state index contributed by atoms with van der Waals surface area (Å²) in [7, 11) is 0. The molecule has 0 unspecified atom stereocenters. The van der Waals surface area contributed by atoms with E-state index in [1.807, 2.05) is 19.9 Å². The minimum Gasteiger partial charge on any atom is -0.353 e. The molecule has 1 aliphatic heterocycles. The highest BCUT2D eigenvalue weighted by atomic mass is 16.2. The summed E-state index contributed by atoms with van der Waals surface area (Å²) >= 11 is 0. The number of piperazine rings is 1. The number of nitriles is 1. The highest BCUT2D eigenvalue weighted by Gasteiger charge is 2.18. The van der Waals surface area contributed by atoms with Gasteiger partial charge in [0.15, 0.2) is 0 Å². The largest absolute Gasteiger partial charge is 0.353 e. The number of amides is 1. The molecule has 0 atom stereocenters. The van der Waals surface area contributed by atoms with Gasteiger partial charge in [0, 0.05) is 13.1 Å². The van der Waals surface area contributed by atoms with Crippen LogP contribution in [0.5, 0.6) is 0 Å². The zero-order valence-corrected chi connectivity index (χ0v) is 9.97. The number of carbonyl (C=O) groups excluding carboxylic acids is 1. The second-order valence-corrected chi connectivity index (χ2v) is 3.16. The van der Waals surface area contributed by atoms with Crippen molar-refractivity contribution in [3.63, 3.8) is 0 Å². The van der Waals surface area contributed by atoms with Crippen molar-refractivity contribution in [1.29, 1.82) is 5.26 Å². The number of aromatic nitrogens is 2. The summed E-state index contributed by atoms with van der Waals surface area (Å²) in [6.45, 7) is 5.56. The summed E-state index contributed by atoms with van der Waals surface area (Å²) < 4.78 is 0. The number of hydrogen-bond donors (Lipinski definition) is 1. The van der Waals surface area contributed by atoms with Gasteiger partial charge in [-0.1, -0.05) is 13.8 Å². The Labute approximate surface area is 100 Å². The van der Waals surface area contributed by atoms with Crippen LogP contribution in [0, 0.1) is 11.3 Å². The van der Waals surface area contributed by atoms with Crippen LogP contribution < -0.4 is 10.2 Å². The summed E-state index contributed by atoms with van der Waals surface area (Å²) in [6, 6.07) is 1.94. The number of hydrogen-bond acceptors (Lipinski definition) is 5. The van der Waals surface area contributed by atoms with E-state index in [1.54, 1.807) is 4.90 Å². The smallest absolute Gasteiger partial charge is 0.239 e. The van der Waals surface area contributed by atoms with Crippen LogP contribution >= 0.6 is 0 Å². The van der Waals surface area contributed by atoms with Crippen molar-refractivity contribution >= 4 is 11.9 Å². The monoisotopic (exact) mass is 233 g/mol. The van der Waals surface area contributed by atoms with Crippen LogP contribution in [-0.2, 0) is 4.79 Å². The quantitative estimate of drug-likeness (QED) is 0.755. The Morgan fingerprint density at radius 1 is 1.41 bits per heavy atom. The van der Waals surface area contributed by atoms with Crippen molar-refractivity contribution < 1.29 is 4.79 Å². The molecule has 0 aromatic carbocycles. The number of carbonyl (C=O) groups is 1. The van der Waals surface area contributed by atoms with Crippen LogP contribution in [0.15, 0.2) is 12.4 Å². The molecule has 0 saturated carbocycles. The van der Waals surface area contributed by atoms with Gasteiger partial charge in [0.25, 0.3) is 0 Å². The Bertz CT molecular complexity index is 409. The van der Waals surface area contributed by atoms with E-state index in [2.05, 4.69) is 15.3 Å². The molecule has 1 aliphatic rings. The fraction of sp³-hybridized carbons (Fsp3) is 0.455. The Morgan fingerprint density at radius 2 is 2.06 bits per heavy atom. The third-order valence-electron chi connectivity index (χ3n) is 2.09. The zero-order chi connectivity index (χ0) is 12.7. The molecule has 2 heterocycles. The van der Waals surface area contributed by atoms with Crippen LogP contribution in [0.4, 0.5) is 5.95 Å². The molecule has 0 spiro atoms. The van der Waals surface area contributed by atoms with Crippen molar-refractivity contribution in [1.82, 2.24) is 15.3 Å². The van der Waals surface area contributed by atoms with Gasteiger partial charge in [0.1, 0.15) is 6.07 Å². The number of nitrogens with zero attached hydrogens (tertiary/aromatic N) is 4. The van der Waals surface area contributed by atoms with E-state index in [0.717, 1.165) is 0 Å². The van der Waals surface area contributed by atoms with Crippen LogP contribution in [0.1, 0.15) is 19.4 Å². The van der Waals surface area contributed by atoms with Gasteiger partial charge in [-0.3, -0.25) is 4.79 Å². The van der Waals surface area contributed by atoms with Crippen LogP contribution in [-0.4, -0.2) is 35.5 Å². The number of rotatable bonds is 1. The van der Waals surface area contributed by atoms with E-state index in [9.17, 15) is 4.79 Å². The molecule has 0 bridgehead atoms. The van der Waals surface area contributed by atoms with Gasteiger partial charge in [0.05, 0.1) is 24.5 Å². The first-order valence-electron chi connectivity index (χ1n) is 5.53. The van der Waals surface area contributed by atoms with Gasteiger partial charge < -0.3 is 10.2 Å². The molecule has 1 aromatic heterocycles. The molecular weight excluding hydrogens is 218 g/mol. The lowest BCUT2D eigenvalue weighted by atomic mass is 10.3. The van der Waals surface area contributed by atoms with Crippen LogP contribution in [0.2, 0.25) is 0 Å². The second kappa shape index (κ2) is 6.43. The van der Waals surface area contributed by atoms with Crippen LogP contribution in [0.3, 0.4) is 0 Å². The Morgan fingerprint density at radius 3 is 2.59 bits per heavy atom. The molecule has 1 aromatic rings. The summed E-state index contributed by atoms with van der Waals surface area (Å²) in [5.41, 5.74) is 0.417. The van der Waals surface area contributed by atoms with Crippen LogP contribution in [0.25, 0.3) is 0 Å². The molecule has 6 heteroatoms. The molecule has 1 amide bonds. The van der Waals surface area contributed by atoms with Crippen molar-refractivity contribution in [3.05, 3.63) is 18.0 Å². The molecule has 90 valence electrons. The Hall–Kier alpha value is -2.16. The van der Waals surface area contributed by atoms with E-state index in [0.29, 0.717) is 24.6 Å².